The summed E-state index contributed by atoms with van der Waals surface area (Å²) in [6.45, 7) is 1.81. The van der Waals surface area contributed by atoms with Crippen molar-refractivity contribution in [3.8, 4) is 5.75 Å². The molecule has 0 radical (unpaired) electrons. The number of rotatable bonds is 7. The minimum absolute atomic E-state index is 0.0845. The van der Waals surface area contributed by atoms with Crippen LogP contribution in [-0.4, -0.2) is 44.8 Å². The number of aromatic carboxylic acids is 1. The average Bonchev–Trinajstić information content (AvgIpc) is 2.84. The maximum Gasteiger partial charge on any atom is 0.355 e. The summed E-state index contributed by atoms with van der Waals surface area (Å²) in [5.41, 5.74) is 0.702. The van der Waals surface area contributed by atoms with E-state index in [2.05, 4.69) is 4.98 Å². The van der Waals surface area contributed by atoms with E-state index in [-0.39, 0.29) is 37.1 Å². The van der Waals surface area contributed by atoms with Crippen LogP contribution in [0.2, 0.25) is 0 Å². The number of hydrogen-bond acceptors (Lipinski definition) is 5. The third kappa shape index (κ3) is 3.48. The van der Waals surface area contributed by atoms with E-state index in [0.717, 1.165) is 0 Å². The molecule has 1 aromatic heterocycles. The second kappa shape index (κ2) is 7.03. The summed E-state index contributed by atoms with van der Waals surface area (Å²) in [6, 6.07) is 2.49. The van der Waals surface area contributed by atoms with Gasteiger partial charge in [-0.25, -0.2) is 9.59 Å². The van der Waals surface area contributed by atoms with Gasteiger partial charge < -0.3 is 25.0 Å². The van der Waals surface area contributed by atoms with E-state index in [4.69, 9.17) is 14.9 Å². The van der Waals surface area contributed by atoms with Crippen molar-refractivity contribution in [3.63, 3.8) is 0 Å². The Kier molecular flexibility index (Phi) is 5.08. The van der Waals surface area contributed by atoms with Gasteiger partial charge in [-0.05, 0) is 31.4 Å². The van der Waals surface area contributed by atoms with Crippen LogP contribution in [0.4, 0.5) is 0 Å². The van der Waals surface area contributed by atoms with Crippen LogP contribution in [0, 0.1) is 0 Å². The maximum absolute atomic E-state index is 12.1. The van der Waals surface area contributed by atoms with E-state index in [1.54, 1.807) is 6.92 Å². The largest absolute Gasteiger partial charge is 0.507 e. The molecule has 1 heterocycles. The SMILES string of the molecule is CCOC(=O)c1[nH]c2cc(O)c(C(=O)O)cc2c1CCCC(=O)O. The molecule has 0 spiro atoms. The lowest BCUT2D eigenvalue weighted by molar-refractivity contribution is -0.137. The molecular formula is C16H17NO7. The Morgan fingerprint density at radius 2 is 1.92 bits per heavy atom. The van der Waals surface area contributed by atoms with Gasteiger partial charge in [0.25, 0.3) is 0 Å². The topological polar surface area (TPSA) is 137 Å². The van der Waals surface area contributed by atoms with Gasteiger partial charge in [0.05, 0.1) is 12.1 Å². The minimum Gasteiger partial charge on any atom is -0.507 e. The van der Waals surface area contributed by atoms with Crippen molar-refractivity contribution in [2.45, 2.75) is 26.2 Å². The van der Waals surface area contributed by atoms with Crippen molar-refractivity contribution >= 4 is 28.8 Å². The van der Waals surface area contributed by atoms with E-state index >= 15 is 0 Å². The fourth-order valence-corrected chi connectivity index (χ4v) is 2.51. The van der Waals surface area contributed by atoms with Crippen molar-refractivity contribution in [1.82, 2.24) is 4.98 Å². The molecule has 0 aliphatic carbocycles. The number of nitrogens with one attached hydrogen (secondary N) is 1. The molecule has 0 unspecified atom stereocenters. The second-order valence-corrected chi connectivity index (χ2v) is 5.17. The first kappa shape index (κ1) is 17.3. The van der Waals surface area contributed by atoms with Crippen LogP contribution in [-0.2, 0) is 16.0 Å². The van der Waals surface area contributed by atoms with E-state index in [1.807, 2.05) is 0 Å². The molecule has 0 atom stereocenters. The molecule has 2 aromatic rings. The lowest BCUT2D eigenvalue weighted by Crippen LogP contribution is -2.08. The second-order valence-electron chi connectivity index (χ2n) is 5.17. The number of benzene rings is 1. The Labute approximate surface area is 136 Å². The summed E-state index contributed by atoms with van der Waals surface area (Å²) in [5.74, 6) is -3.31. The Morgan fingerprint density at radius 3 is 2.50 bits per heavy atom. The van der Waals surface area contributed by atoms with Crippen LogP contribution in [0.15, 0.2) is 12.1 Å². The molecular weight excluding hydrogens is 318 g/mol. The zero-order valence-corrected chi connectivity index (χ0v) is 13.0. The van der Waals surface area contributed by atoms with E-state index < -0.39 is 23.7 Å². The predicted molar refractivity (Wildman–Crippen MR) is 83.5 cm³/mol. The van der Waals surface area contributed by atoms with Gasteiger partial charge in [0.2, 0.25) is 0 Å². The van der Waals surface area contributed by atoms with Crippen LogP contribution in [0.5, 0.6) is 5.75 Å². The number of ether oxygens (including phenoxy) is 1. The molecule has 0 saturated carbocycles. The average molecular weight is 335 g/mol. The molecule has 0 aliphatic heterocycles. The highest BCUT2D eigenvalue weighted by Crippen LogP contribution is 2.30. The molecule has 2 rings (SSSR count). The van der Waals surface area contributed by atoms with E-state index in [0.29, 0.717) is 16.5 Å². The van der Waals surface area contributed by atoms with Crippen molar-refractivity contribution in [1.29, 1.82) is 0 Å². The normalized spacial score (nSPS) is 10.7. The number of carbonyl (C=O) groups excluding carboxylic acids is 1. The Balaban J connectivity index is 2.55. The highest BCUT2D eigenvalue weighted by Gasteiger charge is 2.21. The summed E-state index contributed by atoms with van der Waals surface area (Å²) in [6.07, 6.45) is 0.446. The molecule has 0 bridgehead atoms. The van der Waals surface area contributed by atoms with Crippen LogP contribution in [0.1, 0.15) is 46.2 Å². The summed E-state index contributed by atoms with van der Waals surface area (Å²) in [4.78, 5) is 36.8. The number of hydrogen-bond donors (Lipinski definition) is 4. The van der Waals surface area contributed by atoms with Gasteiger partial charge in [-0.2, -0.15) is 0 Å². The molecule has 24 heavy (non-hydrogen) atoms. The van der Waals surface area contributed by atoms with Crippen LogP contribution >= 0.6 is 0 Å². The number of H-pyrrole nitrogens is 1. The lowest BCUT2D eigenvalue weighted by Gasteiger charge is -2.05. The Morgan fingerprint density at radius 1 is 1.21 bits per heavy atom. The van der Waals surface area contributed by atoms with Gasteiger partial charge >= 0.3 is 17.9 Å². The standard InChI is InChI=1S/C16H17NO7/c1-2-24-16(23)14-8(4-3-5-13(19)20)9-6-10(15(21)22)12(18)7-11(9)17-14/h6-7,17-18H,2-5H2,1H3,(H,19,20)(H,21,22). The lowest BCUT2D eigenvalue weighted by atomic mass is 10.0. The van der Waals surface area contributed by atoms with Crippen molar-refractivity contribution in [2.75, 3.05) is 6.61 Å². The van der Waals surface area contributed by atoms with E-state index in [1.165, 1.54) is 12.1 Å². The number of fused-ring (bicyclic) bond motifs is 1. The third-order valence-electron chi connectivity index (χ3n) is 3.55. The number of aliphatic carboxylic acids is 1. The van der Waals surface area contributed by atoms with Gasteiger partial charge in [0, 0.05) is 17.9 Å². The third-order valence-corrected chi connectivity index (χ3v) is 3.55. The number of aromatic hydroxyl groups is 1. The maximum atomic E-state index is 12.1. The van der Waals surface area contributed by atoms with Crippen LogP contribution in [0.3, 0.4) is 0 Å². The molecule has 8 heteroatoms. The number of carbonyl (C=O) groups is 3. The fourth-order valence-electron chi connectivity index (χ4n) is 2.51. The first-order valence-corrected chi connectivity index (χ1v) is 7.34. The first-order chi connectivity index (χ1) is 11.3. The van der Waals surface area contributed by atoms with E-state index in [9.17, 15) is 19.5 Å². The fraction of sp³-hybridized carbons (Fsp3) is 0.312. The molecule has 8 nitrogen and oxygen atoms in total. The van der Waals surface area contributed by atoms with Crippen LogP contribution < -0.4 is 0 Å². The summed E-state index contributed by atoms with van der Waals surface area (Å²) >= 11 is 0. The molecule has 0 amide bonds. The van der Waals surface area contributed by atoms with Crippen molar-refractivity contribution in [3.05, 3.63) is 29.0 Å². The number of carboxylic acids is 2. The zero-order valence-electron chi connectivity index (χ0n) is 13.0. The summed E-state index contributed by atoms with van der Waals surface area (Å²) < 4.78 is 4.97. The Bertz CT molecular complexity index is 806. The first-order valence-electron chi connectivity index (χ1n) is 7.34. The van der Waals surface area contributed by atoms with Crippen molar-refractivity contribution in [2.24, 2.45) is 0 Å². The minimum atomic E-state index is -1.30. The monoisotopic (exact) mass is 335 g/mol. The molecule has 0 fully saturated rings. The number of carboxylic acid groups (broad SMARTS) is 2. The zero-order chi connectivity index (χ0) is 17.9. The number of esters is 1. The number of aromatic amines is 1. The molecule has 0 aliphatic rings. The van der Waals surface area contributed by atoms with Crippen molar-refractivity contribution < 1.29 is 34.4 Å². The number of aromatic nitrogens is 1. The predicted octanol–water partition coefficient (Wildman–Crippen LogP) is 2.16. The van der Waals surface area contributed by atoms with Gasteiger partial charge in [0.15, 0.2) is 0 Å². The van der Waals surface area contributed by atoms with Gasteiger partial charge in [0.1, 0.15) is 17.0 Å². The summed E-state index contributed by atoms with van der Waals surface area (Å²) in [7, 11) is 0. The highest BCUT2D eigenvalue weighted by molar-refractivity contribution is 6.02. The number of phenols is 1. The molecule has 1 aromatic carbocycles. The van der Waals surface area contributed by atoms with Gasteiger partial charge in [-0.1, -0.05) is 0 Å². The van der Waals surface area contributed by atoms with Gasteiger partial charge in [-0.3, -0.25) is 4.79 Å². The smallest absolute Gasteiger partial charge is 0.355 e. The van der Waals surface area contributed by atoms with Crippen LogP contribution in [0.25, 0.3) is 10.9 Å². The molecule has 4 N–H and O–H groups in total. The highest BCUT2D eigenvalue weighted by atomic mass is 16.5. The molecule has 0 saturated heterocycles. The van der Waals surface area contributed by atoms with Gasteiger partial charge in [-0.15, -0.1) is 0 Å². The summed E-state index contributed by atoms with van der Waals surface area (Å²) in [5, 5.41) is 28.1. The number of aryl methyl sites for hydroxylation is 1. The Hall–Kier alpha value is -3.03. The quantitative estimate of drug-likeness (QED) is 0.569. The molecule has 128 valence electrons.